The van der Waals surface area contributed by atoms with Crippen molar-refractivity contribution in [3.8, 4) is 0 Å². The number of benzene rings is 1. The number of carbonyl (C=O) groups excluding carboxylic acids is 1. The van der Waals surface area contributed by atoms with Crippen LogP contribution in [0.15, 0.2) is 12.1 Å². The molecule has 0 radical (unpaired) electrons. The van der Waals surface area contributed by atoms with Crippen LogP contribution >= 0.6 is 0 Å². The second-order valence-electron chi connectivity index (χ2n) is 7.88. The summed E-state index contributed by atoms with van der Waals surface area (Å²) in [6.45, 7) is 13.0. The van der Waals surface area contributed by atoms with Gasteiger partial charge in [-0.2, -0.15) is 0 Å². The van der Waals surface area contributed by atoms with E-state index in [0.29, 0.717) is 12.0 Å². The van der Waals surface area contributed by atoms with E-state index in [2.05, 4.69) is 41.5 Å². The molecule has 0 saturated heterocycles. The molecule has 3 nitrogen and oxygen atoms in total. The van der Waals surface area contributed by atoms with Gasteiger partial charge in [0.25, 0.3) is 0 Å². The highest BCUT2D eigenvalue weighted by atomic mass is 16.5. The van der Waals surface area contributed by atoms with Gasteiger partial charge in [0.2, 0.25) is 0 Å². The first-order chi connectivity index (χ1) is 10.0. The minimum Gasteiger partial charge on any atom is -0.396 e. The fourth-order valence-electron chi connectivity index (χ4n) is 2.77. The molecule has 0 amide bonds. The molecule has 0 bridgehead atoms. The van der Waals surface area contributed by atoms with Crippen LogP contribution in [0.5, 0.6) is 0 Å². The fourth-order valence-corrected chi connectivity index (χ4v) is 2.77. The summed E-state index contributed by atoms with van der Waals surface area (Å²) in [5.74, 6) is -0.00551. The molecule has 0 atom stereocenters. The van der Waals surface area contributed by atoms with Crippen LogP contribution in [0, 0.1) is 0 Å². The van der Waals surface area contributed by atoms with Gasteiger partial charge in [0.1, 0.15) is 6.61 Å². The monoisotopic (exact) mass is 306 g/mol. The quantitative estimate of drug-likeness (QED) is 0.845. The van der Waals surface area contributed by atoms with Gasteiger partial charge in [0.05, 0.1) is 0 Å². The van der Waals surface area contributed by atoms with Gasteiger partial charge < -0.3 is 9.84 Å². The van der Waals surface area contributed by atoms with Crippen LogP contribution < -0.4 is 0 Å². The second kappa shape index (κ2) is 6.93. The predicted molar refractivity (Wildman–Crippen MR) is 90.8 cm³/mol. The third-order valence-corrected chi connectivity index (χ3v) is 3.83. The van der Waals surface area contributed by atoms with Crippen LogP contribution in [-0.2, 0) is 22.0 Å². The molecular formula is C19H30O3. The van der Waals surface area contributed by atoms with E-state index in [-0.39, 0.29) is 29.8 Å². The number of rotatable bonds is 5. The maximum absolute atomic E-state index is 12.3. The molecule has 0 fully saturated rings. The summed E-state index contributed by atoms with van der Waals surface area (Å²) in [5.41, 5.74) is 3.94. The first-order valence-corrected chi connectivity index (χ1v) is 7.83. The second-order valence-corrected chi connectivity index (χ2v) is 7.88. The standard InChI is InChI=1S/C19H30O3/c1-18(2,3)15-10-13(17(21)12-22-7)11-16(19(4,5)6)14(15)8-9-20/h10-11,20H,8-9,12H2,1-7H3. The third kappa shape index (κ3) is 4.40. The van der Waals surface area contributed by atoms with Crippen LogP contribution in [0.4, 0.5) is 0 Å². The van der Waals surface area contributed by atoms with Crippen molar-refractivity contribution in [2.45, 2.75) is 58.8 Å². The molecule has 0 heterocycles. The molecule has 3 heteroatoms. The summed E-state index contributed by atoms with van der Waals surface area (Å²) < 4.78 is 5.00. The zero-order valence-electron chi connectivity index (χ0n) is 15.0. The molecule has 0 aliphatic heterocycles. The first-order valence-electron chi connectivity index (χ1n) is 7.83. The first kappa shape index (κ1) is 18.9. The van der Waals surface area contributed by atoms with Crippen LogP contribution in [0.1, 0.15) is 68.6 Å². The zero-order valence-corrected chi connectivity index (χ0v) is 15.0. The minimum atomic E-state index is -0.0894. The molecule has 0 aliphatic rings. The van der Waals surface area contributed by atoms with Crippen LogP contribution in [-0.4, -0.2) is 31.2 Å². The molecule has 1 rings (SSSR count). The van der Waals surface area contributed by atoms with Crippen molar-refractivity contribution in [2.75, 3.05) is 20.3 Å². The van der Waals surface area contributed by atoms with Crippen molar-refractivity contribution >= 4 is 5.78 Å². The van der Waals surface area contributed by atoms with E-state index in [1.54, 1.807) is 0 Å². The molecule has 22 heavy (non-hydrogen) atoms. The van der Waals surface area contributed by atoms with Gasteiger partial charge in [-0.1, -0.05) is 41.5 Å². The lowest BCUT2D eigenvalue weighted by atomic mass is 9.74. The van der Waals surface area contributed by atoms with Crippen LogP contribution in [0.3, 0.4) is 0 Å². The Morgan fingerprint density at radius 1 is 1.05 bits per heavy atom. The Balaban J connectivity index is 3.64. The average molecular weight is 306 g/mol. The number of ketones is 1. The summed E-state index contributed by atoms with van der Waals surface area (Å²) in [7, 11) is 1.54. The van der Waals surface area contributed by atoms with Crippen LogP contribution in [0.25, 0.3) is 0 Å². The highest BCUT2D eigenvalue weighted by Crippen LogP contribution is 2.35. The van der Waals surface area contributed by atoms with Crippen molar-refractivity contribution in [2.24, 2.45) is 0 Å². The van der Waals surface area contributed by atoms with Crippen LogP contribution in [0.2, 0.25) is 0 Å². The van der Waals surface area contributed by atoms with E-state index >= 15 is 0 Å². The molecule has 1 aromatic rings. The number of hydrogen-bond acceptors (Lipinski definition) is 3. The predicted octanol–water partition coefficient (Wildman–Crippen LogP) is 3.65. The van der Waals surface area contributed by atoms with Gasteiger partial charge >= 0.3 is 0 Å². The van der Waals surface area contributed by atoms with E-state index in [4.69, 9.17) is 4.74 Å². The lowest BCUT2D eigenvalue weighted by Crippen LogP contribution is -2.23. The summed E-state index contributed by atoms with van der Waals surface area (Å²) in [6.07, 6.45) is 0.609. The molecule has 0 unspecified atom stereocenters. The highest BCUT2D eigenvalue weighted by molar-refractivity contribution is 5.97. The third-order valence-electron chi connectivity index (χ3n) is 3.83. The molecule has 0 saturated carbocycles. The van der Waals surface area contributed by atoms with E-state index in [1.165, 1.54) is 7.11 Å². The average Bonchev–Trinajstić information content (AvgIpc) is 2.36. The number of aliphatic hydroxyl groups is 1. The molecule has 1 aromatic carbocycles. The Hall–Kier alpha value is -1.19. The number of Topliss-reactive ketones (excluding diaryl/α,β-unsaturated/α-hetero) is 1. The Kier molecular flexibility index (Phi) is 5.94. The van der Waals surface area contributed by atoms with Gasteiger partial charge in [-0.25, -0.2) is 0 Å². The van der Waals surface area contributed by atoms with Gasteiger partial charge in [0.15, 0.2) is 5.78 Å². The molecule has 124 valence electrons. The van der Waals surface area contributed by atoms with Crippen molar-refractivity contribution in [3.63, 3.8) is 0 Å². The minimum absolute atomic E-state index is 0.00551. The summed E-state index contributed by atoms with van der Waals surface area (Å²) in [5, 5.41) is 9.48. The largest absolute Gasteiger partial charge is 0.396 e. The van der Waals surface area contributed by atoms with Gasteiger partial charge in [-0.3, -0.25) is 4.79 Å². The van der Waals surface area contributed by atoms with Crippen molar-refractivity contribution in [1.29, 1.82) is 0 Å². The molecule has 0 aliphatic carbocycles. The SMILES string of the molecule is COCC(=O)c1cc(C(C)(C)C)c(CCO)c(C(C)(C)C)c1. The van der Waals surface area contributed by atoms with Crippen molar-refractivity contribution in [1.82, 2.24) is 0 Å². The number of methoxy groups -OCH3 is 1. The smallest absolute Gasteiger partial charge is 0.188 e. The number of hydrogen-bond donors (Lipinski definition) is 1. The highest BCUT2D eigenvalue weighted by Gasteiger charge is 2.27. The topological polar surface area (TPSA) is 46.5 Å². The normalized spacial score (nSPS) is 12.5. The lowest BCUT2D eigenvalue weighted by Gasteiger charge is -2.31. The molecular weight excluding hydrogens is 276 g/mol. The summed E-state index contributed by atoms with van der Waals surface area (Å²) >= 11 is 0. The lowest BCUT2D eigenvalue weighted by molar-refractivity contribution is 0.0847. The molecule has 0 aromatic heterocycles. The zero-order chi connectivity index (χ0) is 17.1. The Morgan fingerprint density at radius 3 is 1.82 bits per heavy atom. The summed E-state index contributed by atoms with van der Waals surface area (Å²) in [4.78, 5) is 12.3. The van der Waals surface area contributed by atoms with E-state index in [9.17, 15) is 9.90 Å². The Morgan fingerprint density at radius 2 is 1.50 bits per heavy atom. The van der Waals surface area contributed by atoms with Gasteiger partial charge in [-0.15, -0.1) is 0 Å². The fraction of sp³-hybridized carbons (Fsp3) is 0.632. The number of ether oxygens (including phenoxy) is 1. The van der Waals surface area contributed by atoms with E-state index < -0.39 is 0 Å². The van der Waals surface area contributed by atoms with Crippen molar-refractivity contribution < 1.29 is 14.6 Å². The van der Waals surface area contributed by atoms with E-state index in [1.807, 2.05) is 12.1 Å². The molecule has 0 spiro atoms. The summed E-state index contributed by atoms with van der Waals surface area (Å²) in [6, 6.07) is 3.95. The number of carbonyl (C=O) groups is 1. The van der Waals surface area contributed by atoms with E-state index in [0.717, 1.165) is 16.7 Å². The van der Waals surface area contributed by atoms with Gasteiger partial charge in [-0.05, 0) is 46.1 Å². The van der Waals surface area contributed by atoms with Crippen molar-refractivity contribution in [3.05, 3.63) is 34.4 Å². The number of aliphatic hydroxyl groups excluding tert-OH is 1. The molecule has 1 N–H and O–H groups in total. The Bertz CT molecular complexity index is 496. The maximum Gasteiger partial charge on any atom is 0.188 e. The maximum atomic E-state index is 12.3. The van der Waals surface area contributed by atoms with Gasteiger partial charge in [0, 0.05) is 19.3 Å². The Labute approximate surface area is 134 Å².